The molecule has 3 heteroatoms. The van der Waals surface area contributed by atoms with Crippen molar-refractivity contribution in [1.82, 2.24) is 0 Å². The first kappa shape index (κ1) is 9.49. The van der Waals surface area contributed by atoms with E-state index in [-0.39, 0.29) is 6.04 Å². The molecule has 2 unspecified atom stereocenters. The van der Waals surface area contributed by atoms with Crippen LogP contribution in [0.15, 0.2) is 18.2 Å². The summed E-state index contributed by atoms with van der Waals surface area (Å²) in [5.74, 6) is 0.741. The molecule has 1 aromatic rings. The zero-order valence-electron chi connectivity index (χ0n) is 8.23. The average molecular weight is 193 g/mol. The molecule has 0 saturated heterocycles. The van der Waals surface area contributed by atoms with Crippen molar-refractivity contribution in [1.29, 1.82) is 0 Å². The Morgan fingerprint density at radius 3 is 3.00 bits per heavy atom. The zero-order valence-corrected chi connectivity index (χ0v) is 8.23. The van der Waals surface area contributed by atoms with Gasteiger partial charge in [0.15, 0.2) is 0 Å². The number of aliphatic hydroxyl groups is 1. The second-order valence-corrected chi connectivity index (χ2v) is 3.68. The standard InChI is InChI=1S/C11H15NO2/c1-14-9-4-2-3-7-5-6-8(12)11(13)10(7)9/h2-4,8,11,13H,5-6,12H2,1H3. The molecule has 0 heterocycles. The summed E-state index contributed by atoms with van der Waals surface area (Å²) in [6.07, 6.45) is 1.17. The van der Waals surface area contributed by atoms with Gasteiger partial charge in [0.2, 0.25) is 0 Å². The van der Waals surface area contributed by atoms with E-state index in [4.69, 9.17) is 10.5 Å². The van der Waals surface area contributed by atoms with Crippen molar-refractivity contribution < 1.29 is 9.84 Å². The van der Waals surface area contributed by atoms with Crippen LogP contribution in [0.2, 0.25) is 0 Å². The quantitative estimate of drug-likeness (QED) is 0.699. The Morgan fingerprint density at radius 1 is 1.50 bits per heavy atom. The Labute approximate surface area is 83.5 Å². The van der Waals surface area contributed by atoms with Crippen LogP contribution in [0.1, 0.15) is 23.7 Å². The van der Waals surface area contributed by atoms with Gasteiger partial charge in [0, 0.05) is 11.6 Å². The molecule has 14 heavy (non-hydrogen) atoms. The Morgan fingerprint density at radius 2 is 2.29 bits per heavy atom. The Hall–Kier alpha value is -1.06. The third kappa shape index (κ3) is 1.38. The third-order valence-electron chi connectivity index (χ3n) is 2.82. The van der Waals surface area contributed by atoms with Crippen molar-refractivity contribution in [2.24, 2.45) is 5.73 Å². The lowest BCUT2D eigenvalue weighted by Gasteiger charge is -2.28. The number of hydrogen-bond donors (Lipinski definition) is 2. The van der Waals surface area contributed by atoms with Crippen molar-refractivity contribution in [2.45, 2.75) is 25.0 Å². The maximum atomic E-state index is 9.94. The molecule has 1 aliphatic carbocycles. The first-order valence-corrected chi connectivity index (χ1v) is 4.83. The molecule has 2 atom stereocenters. The van der Waals surface area contributed by atoms with Crippen molar-refractivity contribution in [2.75, 3.05) is 7.11 Å². The Bertz CT molecular complexity index is 324. The van der Waals surface area contributed by atoms with Crippen LogP contribution in [0.5, 0.6) is 5.75 Å². The summed E-state index contributed by atoms with van der Waals surface area (Å²) in [7, 11) is 1.61. The number of aryl methyl sites for hydroxylation is 1. The highest BCUT2D eigenvalue weighted by atomic mass is 16.5. The van der Waals surface area contributed by atoms with Crippen LogP contribution in [0.4, 0.5) is 0 Å². The van der Waals surface area contributed by atoms with Crippen LogP contribution in [0.25, 0.3) is 0 Å². The molecule has 0 spiro atoms. The van der Waals surface area contributed by atoms with E-state index in [9.17, 15) is 5.11 Å². The predicted octanol–water partition coefficient (Wildman–Crippen LogP) is 1.00. The normalized spacial score (nSPS) is 25.6. The molecule has 3 N–H and O–H groups in total. The van der Waals surface area contributed by atoms with E-state index in [1.54, 1.807) is 7.11 Å². The minimum Gasteiger partial charge on any atom is -0.496 e. The van der Waals surface area contributed by atoms with Crippen molar-refractivity contribution in [3.05, 3.63) is 29.3 Å². The second-order valence-electron chi connectivity index (χ2n) is 3.68. The predicted molar refractivity (Wildman–Crippen MR) is 54.3 cm³/mol. The van der Waals surface area contributed by atoms with Crippen LogP contribution >= 0.6 is 0 Å². The molecule has 0 fully saturated rings. The lowest BCUT2D eigenvalue weighted by molar-refractivity contribution is 0.130. The molecule has 2 rings (SSSR count). The van der Waals surface area contributed by atoms with Gasteiger partial charge in [0.25, 0.3) is 0 Å². The van der Waals surface area contributed by atoms with Crippen LogP contribution in [-0.4, -0.2) is 18.3 Å². The summed E-state index contributed by atoms with van der Waals surface area (Å²) in [6.45, 7) is 0. The molecular formula is C11H15NO2. The van der Waals surface area contributed by atoms with Crippen molar-refractivity contribution in [3.63, 3.8) is 0 Å². The highest BCUT2D eigenvalue weighted by molar-refractivity contribution is 5.44. The van der Waals surface area contributed by atoms with Gasteiger partial charge in [-0.05, 0) is 24.5 Å². The van der Waals surface area contributed by atoms with Gasteiger partial charge in [-0.3, -0.25) is 0 Å². The van der Waals surface area contributed by atoms with E-state index in [0.717, 1.165) is 29.7 Å². The summed E-state index contributed by atoms with van der Waals surface area (Å²) in [5, 5.41) is 9.94. The van der Waals surface area contributed by atoms with Crippen LogP contribution < -0.4 is 10.5 Å². The number of ether oxygens (including phenoxy) is 1. The maximum absolute atomic E-state index is 9.94. The van der Waals surface area contributed by atoms with Gasteiger partial charge < -0.3 is 15.6 Å². The summed E-state index contributed by atoms with van der Waals surface area (Å²) in [5.41, 5.74) is 7.83. The maximum Gasteiger partial charge on any atom is 0.124 e. The number of nitrogens with two attached hydrogens (primary N) is 1. The summed E-state index contributed by atoms with van der Waals surface area (Å²) in [4.78, 5) is 0. The van der Waals surface area contributed by atoms with E-state index >= 15 is 0 Å². The topological polar surface area (TPSA) is 55.5 Å². The van der Waals surface area contributed by atoms with E-state index in [1.165, 1.54) is 0 Å². The van der Waals surface area contributed by atoms with Crippen LogP contribution in [0.3, 0.4) is 0 Å². The summed E-state index contributed by atoms with van der Waals surface area (Å²) < 4.78 is 5.22. The molecular weight excluding hydrogens is 178 g/mol. The van der Waals surface area contributed by atoms with Gasteiger partial charge in [0.1, 0.15) is 5.75 Å². The van der Waals surface area contributed by atoms with E-state index in [2.05, 4.69) is 0 Å². The number of hydrogen-bond acceptors (Lipinski definition) is 3. The largest absolute Gasteiger partial charge is 0.496 e. The SMILES string of the molecule is COc1cccc2c1C(O)C(N)CC2. The van der Waals surface area contributed by atoms with E-state index < -0.39 is 6.10 Å². The van der Waals surface area contributed by atoms with Gasteiger partial charge in [0.05, 0.1) is 13.2 Å². The van der Waals surface area contributed by atoms with Crippen LogP contribution in [-0.2, 0) is 6.42 Å². The number of fused-ring (bicyclic) bond motifs is 1. The summed E-state index contributed by atoms with van der Waals surface area (Å²) in [6, 6.07) is 5.66. The van der Waals surface area contributed by atoms with E-state index in [1.807, 2.05) is 18.2 Å². The third-order valence-corrected chi connectivity index (χ3v) is 2.82. The fourth-order valence-electron chi connectivity index (χ4n) is 2.02. The van der Waals surface area contributed by atoms with Gasteiger partial charge >= 0.3 is 0 Å². The number of methoxy groups -OCH3 is 1. The first-order chi connectivity index (χ1) is 6.74. The first-order valence-electron chi connectivity index (χ1n) is 4.83. The number of benzene rings is 1. The fourth-order valence-corrected chi connectivity index (χ4v) is 2.02. The molecule has 1 aromatic carbocycles. The molecule has 0 aliphatic heterocycles. The Balaban J connectivity index is 2.49. The highest BCUT2D eigenvalue weighted by Crippen LogP contribution is 2.35. The molecule has 0 bridgehead atoms. The van der Waals surface area contributed by atoms with Crippen molar-refractivity contribution in [3.8, 4) is 5.75 Å². The van der Waals surface area contributed by atoms with Gasteiger partial charge in [-0.25, -0.2) is 0 Å². The second kappa shape index (κ2) is 3.59. The fraction of sp³-hybridized carbons (Fsp3) is 0.455. The summed E-state index contributed by atoms with van der Waals surface area (Å²) >= 11 is 0. The highest BCUT2D eigenvalue weighted by Gasteiger charge is 2.27. The molecule has 1 aliphatic rings. The molecule has 0 aromatic heterocycles. The van der Waals surface area contributed by atoms with E-state index in [0.29, 0.717) is 0 Å². The van der Waals surface area contributed by atoms with Gasteiger partial charge in [-0.1, -0.05) is 12.1 Å². The molecule has 0 amide bonds. The number of rotatable bonds is 1. The average Bonchev–Trinajstić information content (AvgIpc) is 2.23. The molecule has 0 saturated carbocycles. The smallest absolute Gasteiger partial charge is 0.124 e. The Kier molecular flexibility index (Phi) is 2.44. The molecule has 0 radical (unpaired) electrons. The van der Waals surface area contributed by atoms with Crippen LogP contribution in [0, 0.1) is 0 Å². The lowest BCUT2D eigenvalue weighted by atomic mass is 9.86. The van der Waals surface area contributed by atoms with Crippen molar-refractivity contribution >= 4 is 0 Å². The van der Waals surface area contributed by atoms with Gasteiger partial charge in [-0.2, -0.15) is 0 Å². The number of aliphatic hydroxyl groups excluding tert-OH is 1. The minimum atomic E-state index is -0.588. The molecule has 76 valence electrons. The zero-order chi connectivity index (χ0) is 10.1. The molecule has 3 nitrogen and oxygen atoms in total. The minimum absolute atomic E-state index is 0.168. The lowest BCUT2D eigenvalue weighted by Crippen LogP contribution is -2.33. The monoisotopic (exact) mass is 193 g/mol. The van der Waals surface area contributed by atoms with Gasteiger partial charge in [-0.15, -0.1) is 0 Å².